The summed E-state index contributed by atoms with van der Waals surface area (Å²) >= 11 is 0. The standard InChI is InChI=1S/C9H17NO4S/c1-2-15(12,13)6-3-9(11)8-7-14-5-4-10-8/h8,10H,2-7H2,1H3. The molecule has 15 heavy (non-hydrogen) atoms. The van der Waals surface area contributed by atoms with Crippen LogP contribution in [0.15, 0.2) is 0 Å². The van der Waals surface area contributed by atoms with Crippen molar-refractivity contribution < 1.29 is 17.9 Å². The molecule has 1 atom stereocenters. The highest BCUT2D eigenvalue weighted by Crippen LogP contribution is 2.01. The van der Waals surface area contributed by atoms with E-state index in [0.717, 1.165) is 0 Å². The number of carbonyl (C=O) groups is 1. The molecule has 1 fully saturated rings. The summed E-state index contributed by atoms with van der Waals surface area (Å²) in [6, 6.07) is -0.328. The number of rotatable bonds is 5. The summed E-state index contributed by atoms with van der Waals surface area (Å²) in [4.78, 5) is 11.6. The van der Waals surface area contributed by atoms with Crippen molar-refractivity contribution in [3.8, 4) is 0 Å². The van der Waals surface area contributed by atoms with E-state index in [2.05, 4.69) is 5.32 Å². The maximum atomic E-state index is 11.6. The van der Waals surface area contributed by atoms with E-state index in [1.165, 1.54) is 0 Å². The largest absolute Gasteiger partial charge is 0.378 e. The summed E-state index contributed by atoms with van der Waals surface area (Å²) < 4.78 is 27.5. The van der Waals surface area contributed by atoms with E-state index in [9.17, 15) is 13.2 Å². The number of sulfone groups is 1. The average molecular weight is 235 g/mol. The SMILES string of the molecule is CCS(=O)(=O)CCC(=O)C1COCCN1. The lowest BCUT2D eigenvalue weighted by atomic mass is 10.1. The highest BCUT2D eigenvalue weighted by Gasteiger charge is 2.22. The van der Waals surface area contributed by atoms with Gasteiger partial charge in [0.15, 0.2) is 5.78 Å². The molecule has 0 amide bonds. The van der Waals surface area contributed by atoms with Crippen LogP contribution in [0.5, 0.6) is 0 Å². The van der Waals surface area contributed by atoms with E-state index in [1.54, 1.807) is 6.92 Å². The van der Waals surface area contributed by atoms with Gasteiger partial charge in [-0.25, -0.2) is 8.42 Å². The third kappa shape index (κ3) is 4.27. The third-order valence-corrected chi connectivity index (χ3v) is 4.12. The maximum Gasteiger partial charge on any atom is 0.153 e. The fourth-order valence-electron chi connectivity index (χ4n) is 1.35. The van der Waals surface area contributed by atoms with Crippen LogP contribution >= 0.6 is 0 Å². The molecule has 0 radical (unpaired) electrons. The number of nitrogens with one attached hydrogen (secondary N) is 1. The summed E-state index contributed by atoms with van der Waals surface area (Å²) in [6.07, 6.45) is 0.0806. The van der Waals surface area contributed by atoms with Gasteiger partial charge in [-0.1, -0.05) is 6.92 Å². The number of hydrogen-bond donors (Lipinski definition) is 1. The Kier molecular flexibility index (Phi) is 4.69. The zero-order valence-corrected chi connectivity index (χ0v) is 9.68. The van der Waals surface area contributed by atoms with Gasteiger partial charge in [0.05, 0.1) is 25.0 Å². The lowest BCUT2D eigenvalue weighted by molar-refractivity contribution is -0.123. The Morgan fingerprint density at radius 3 is 2.80 bits per heavy atom. The van der Waals surface area contributed by atoms with Gasteiger partial charge in [-0.2, -0.15) is 0 Å². The molecule has 0 aromatic rings. The van der Waals surface area contributed by atoms with Gasteiger partial charge in [-0.05, 0) is 0 Å². The van der Waals surface area contributed by atoms with Gasteiger partial charge in [-0.15, -0.1) is 0 Å². The van der Waals surface area contributed by atoms with E-state index in [1.807, 2.05) is 0 Å². The molecular weight excluding hydrogens is 218 g/mol. The minimum absolute atomic E-state index is 0.0550. The summed E-state index contributed by atoms with van der Waals surface area (Å²) in [5, 5.41) is 3.00. The molecule has 0 aromatic heterocycles. The van der Waals surface area contributed by atoms with Gasteiger partial charge >= 0.3 is 0 Å². The fourth-order valence-corrected chi connectivity index (χ4v) is 2.15. The Morgan fingerprint density at radius 1 is 1.53 bits per heavy atom. The van der Waals surface area contributed by atoms with Crippen LogP contribution in [0.2, 0.25) is 0 Å². The van der Waals surface area contributed by atoms with Crippen LogP contribution in [0.4, 0.5) is 0 Å². The molecular formula is C9H17NO4S. The average Bonchev–Trinajstić information content (AvgIpc) is 2.27. The first-order valence-corrected chi connectivity index (χ1v) is 6.91. The van der Waals surface area contributed by atoms with Crippen molar-refractivity contribution in [1.82, 2.24) is 5.32 Å². The van der Waals surface area contributed by atoms with E-state index in [4.69, 9.17) is 4.74 Å². The molecule has 1 aliphatic heterocycles. The van der Waals surface area contributed by atoms with E-state index in [0.29, 0.717) is 19.8 Å². The Morgan fingerprint density at radius 2 is 2.27 bits per heavy atom. The van der Waals surface area contributed by atoms with Gasteiger partial charge in [-0.3, -0.25) is 4.79 Å². The van der Waals surface area contributed by atoms with Gasteiger partial charge in [0.2, 0.25) is 0 Å². The van der Waals surface area contributed by atoms with Crippen molar-refractivity contribution in [2.45, 2.75) is 19.4 Å². The second-order valence-corrected chi connectivity index (χ2v) is 6.01. The molecule has 0 bridgehead atoms. The molecule has 1 N–H and O–H groups in total. The zero-order chi connectivity index (χ0) is 11.3. The number of carbonyl (C=O) groups excluding carboxylic acids is 1. The van der Waals surface area contributed by atoms with Gasteiger partial charge in [0.25, 0.3) is 0 Å². The topological polar surface area (TPSA) is 72.5 Å². The van der Waals surface area contributed by atoms with Crippen molar-refractivity contribution in [2.75, 3.05) is 31.3 Å². The van der Waals surface area contributed by atoms with Crippen molar-refractivity contribution in [2.24, 2.45) is 0 Å². The second kappa shape index (κ2) is 5.58. The minimum Gasteiger partial charge on any atom is -0.378 e. The highest BCUT2D eigenvalue weighted by atomic mass is 32.2. The quantitative estimate of drug-likeness (QED) is 0.687. The van der Waals surface area contributed by atoms with E-state index >= 15 is 0 Å². The number of ketones is 1. The molecule has 1 heterocycles. The van der Waals surface area contributed by atoms with Gasteiger partial charge in [0.1, 0.15) is 9.84 Å². The Bertz CT molecular complexity index is 306. The minimum atomic E-state index is -3.04. The summed E-state index contributed by atoms with van der Waals surface area (Å²) in [7, 11) is -3.04. The molecule has 0 aromatic carbocycles. The number of morpholine rings is 1. The van der Waals surface area contributed by atoms with Gasteiger partial charge in [0, 0.05) is 18.7 Å². The predicted octanol–water partition coefficient (Wildman–Crippen LogP) is -0.631. The third-order valence-electron chi connectivity index (χ3n) is 2.41. The van der Waals surface area contributed by atoms with Crippen LogP contribution in [0.3, 0.4) is 0 Å². The molecule has 1 saturated heterocycles. The van der Waals surface area contributed by atoms with Crippen LogP contribution in [-0.4, -0.2) is 51.5 Å². The number of hydrogen-bond acceptors (Lipinski definition) is 5. The first kappa shape index (κ1) is 12.6. The normalized spacial score (nSPS) is 22.6. The number of Topliss-reactive ketones (excluding diaryl/α,β-unsaturated/α-hetero) is 1. The Balaban J connectivity index is 2.35. The molecule has 0 spiro atoms. The molecule has 6 heteroatoms. The summed E-state index contributed by atoms with van der Waals surface area (Å²) in [6.45, 7) is 3.20. The molecule has 1 rings (SSSR count). The van der Waals surface area contributed by atoms with E-state index < -0.39 is 9.84 Å². The Labute approximate surface area is 90.1 Å². The van der Waals surface area contributed by atoms with Crippen molar-refractivity contribution >= 4 is 15.6 Å². The van der Waals surface area contributed by atoms with Crippen molar-refractivity contribution in [1.29, 1.82) is 0 Å². The second-order valence-electron chi connectivity index (χ2n) is 3.53. The van der Waals surface area contributed by atoms with Crippen molar-refractivity contribution in [3.63, 3.8) is 0 Å². The van der Waals surface area contributed by atoms with Crippen LogP contribution in [-0.2, 0) is 19.4 Å². The summed E-state index contributed by atoms with van der Waals surface area (Å²) in [5.41, 5.74) is 0. The Hall–Kier alpha value is -0.460. The molecule has 1 aliphatic rings. The zero-order valence-electron chi connectivity index (χ0n) is 8.86. The molecule has 0 saturated carbocycles. The molecule has 1 unspecified atom stereocenters. The first-order valence-electron chi connectivity index (χ1n) is 5.09. The van der Waals surface area contributed by atoms with E-state index in [-0.39, 0.29) is 29.8 Å². The smallest absolute Gasteiger partial charge is 0.153 e. The fraction of sp³-hybridized carbons (Fsp3) is 0.889. The molecule has 88 valence electrons. The lowest BCUT2D eigenvalue weighted by Gasteiger charge is -2.22. The van der Waals surface area contributed by atoms with Crippen LogP contribution < -0.4 is 5.32 Å². The molecule has 5 nitrogen and oxygen atoms in total. The molecule has 0 aliphatic carbocycles. The van der Waals surface area contributed by atoms with Crippen LogP contribution in [0, 0.1) is 0 Å². The first-order chi connectivity index (χ1) is 7.05. The predicted molar refractivity (Wildman–Crippen MR) is 56.6 cm³/mol. The number of ether oxygens (including phenoxy) is 1. The van der Waals surface area contributed by atoms with Crippen LogP contribution in [0.1, 0.15) is 13.3 Å². The van der Waals surface area contributed by atoms with Gasteiger partial charge < -0.3 is 10.1 Å². The monoisotopic (exact) mass is 235 g/mol. The maximum absolute atomic E-state index is 11.6. The van der Waals surface area contributed by atoms with Crippen molar-refractivity contribution in [3.05, 3.63) is 0 Å². The highest BCUT2D eigenvalue weighted by molar-refractivity contribution is 7.91. The summed E-state index contributed by atoms with van der Waals surface area (Å²) in [5.74, 6) is -0.0400. The van der Waals surface area contributed by atoms with Crippen LogP contribution in [0.25, 0.3) is 0 Å². The lowest BCUT2D eigenvalue weighted by Crippen LogP contribution is -2.46.